The van der Waals surface area contributed by atoms with Crippen molar-refractivity contribution in [2.45, 2.75) is 17.1 Å². The van der Waals surface area contributed by atoms with E-state index in [-0.39, 0.29) is 14.7 Å². The van der Waals surface area contributed by atoms with E-state index in [0.29, 0.717) is 0 Å². The van der Waals surface area contributed by atoms with Gasteiger partial charge in [0.15, 0.2) is 0 Å². The average Bonchev–Trinajstić information content (AvgIpc) is 2.48. The van der Waals surface area contributed by atoms with Crippen LogP contribution in [-0.2, 0) is 10.0 Å². The molecular weight excluding hydrogens is 242 g/mol. The molecule has 1 fully saturated rings. The normalized spacial score (nSPS) is 37.9. The summed E-state index contributed by atoms with van der Waals surface area (Å²) in [6, 6.07) is 0. The van der Waals surface area contributed by atoms with Gasteiger partial charge in [-0.1, -0.05) is 17.8 Å². The molecule has 3 atom stereocenters. The van der Waals surface area contributed by atoms with Crippen molar-refractivity contribution in [2.75, 3.05) is 5.75 Å². The minimum absolute atomic E-state index is 0.0629. The topological polar surface area (TPSA) is 80.4 Å². The van der Waals surface area contributed by atoms with Gasteiger partial charge in [0.05, 0.1) is 10.7 Å². The van der Waals surface area contributed by atoms with Gasteiger partial charge in [0.2, 0.25) is 10.0 Å². The summed E-state index contributed by atoms with van der Waals surface area (Å²) in [5.74, 6) is 0.813. The maximum atomic E-state index is 11.1. The summed E-state index contributed by atoms with van der Waals surface area (Å²) >= 11 is 2.94. The Balaban J connectivity index is 2.23. The van der Waals surface area contributed by atoms with Gasteiger partial charge in [0.1, 0.15) is 4.24 Å². The van der Waals surface area contributed by atoms with Crippen molar-refractivity contribution in [2.24, 2.45) is 11.1 Å². The first-order chi connectivity index (χ1) is 6.48. The maximum Gasteiger partial charge on any atom is 0.243 e. The Kier molecular flexibility index (Phi) is 2.87. The third-order valence-electron chi connectivity index (χ3n) is 2.30. The van der Waals surface area contributed by atoms with Crippen molar-refractivity contribution in [1.82, 2.24) is 0 Å². The van der Waals surface area contributed by atoms with Crippen LogP contribution in [0.4, 0.5) is 0 Å². The maximum absolute atomic E-state index is 11.1. The molecule has 0 amide bonds. The summed E-state index contributed by atoms with van der Waals surface area (Å²) in [4.78, 5) is 0. The monoisotopic (exact) mass is 253 g/mol. The van der Waals surface area contributed by atoms with E-state index in [1.165, 1.54) is 11.8 Å². The zero-order valence-corrected chi connectivity index (χ0v) is 9.74. The summed E-state index contributed by atoms with van der Waals surface area (Å²) in [7, 11) is -3.58. The fourth-order valence-corrected chi connectivity index (χ4v) is 5.79. The van der Waals surface area contributed by atoms with Crippen LogP contribution < -0.4 is 5.14 Å². The predicted octanol–water partition coefficient (Wildman–Crippen LogP) is 0.303. The molecule has 2 aliphatic heterocycles. The van der Waals surface area contributed by atoms with Crippen LogP contribution >= 0.6 is 23.5 Å². The Morgan fingerprint density at radius 1 is 1.57 bits per heavy atom. The van der Waals surface area contributed by atoms with Crippen LogP contribution in [0, 0.1) is 5.92 Å². The van der Waals surface area contributed by atoms with E-state index in [4.69, 9.17) is 5.14 Å². The van der Waals surface area contributed by atoms with Gasteiger partial charge in [-0.15, -0.1) is 11.8 Å². The van der Waals surface area contributed by atoms with Crippen LogP contribution in [0.3, 0.4) is 0 Å². The van der Waals surface area contributed by atoms with Gasteiger partial charge < -0.3 is 5.11 Å². The number of aliphatic hydroxyl groups is 1. The molecule has 2 aliphatic rings. The number of hydrogen-bond donors (Lipinski definition) is 2. The second kappa shape index (κ2) is 3.71. The zero-order chi connectivity index (χ0) is 10.3. The molecule has 0 spiro atoms. The van der Waals surface area contributed by atoms with Crippen molar-refractivity contribution in [3.05, 3.63) is 10.3 Å². The molecule has 14 heavy (non-hydrogen) atoms. The fraction of sp³-hybridized carbons (Fsp3) is 0.714. The Labute approximate surface area is 91.4 Å². The van der Waals surface area contributed by atoms with Gasteiger partial charge in [0.25, 0.3) is 0 Å². The first kappa shape index (κ1) is 10.8. The van der Waals surface area contributed by atoms with Gasteiger partial charge in [-0.3, -0.25) is 0 Å². The van der Waals surface area contributed by atoms with Gasteiger partial charge in [-0.25, -0.2) is 13.6 Å². The molecule has 0 saturated carbocycles. The number of aliphatic hydroxyl groups excluding tert-OH is 1. The molecule has 2 rings (SSSR count). The molecule has 0 radical (unpaired) electrons. The fourth-order valence-electron chi connectivity index (χ4n) is 1.56. The Morgan fingerprint density at radius 2 is 2.29 bits per heavy atom. The van der Waals surface area contributed by atoms with E-state index < -0.39 is 16.1 Å². The molecule has 0 aromatic heterocycles. The van der Waals surface area contributed by atoms with Crippen LogP contribution in [0.5, 0.6) is 0 Å². The first-order valence-corrected chi connectivity index (χ1v) is 7.67. The van der Waals surface area contributed by atoms with Gasteiger partial charge >= 0.3 is 0 Å². The van der Waals surface area contributed by atoms with E-state index in [2.05, 4.69) is 0 Å². The largest absolute Gasteiger partial charge is 0.392 e. The van der Waals surface area contributed by atoms with Crippen molar-refractivity contribution < 1.29 is 13.5 Å². The van der Waals surface area contributed by atoms with Crippen LogP contribution in [0.1, 0.15) is 6.42 Å². The highest BCUT2D eigenvalue weighted by molar-refractivity contribution is 8.25. The quantitative estimate of drug-likeness (QED) is 0.702. The number of fused-ring (bicyclic) bond motifs is 1. The highest BCUT2D eigenvalue weighted by Crippen LogP contribution is 2.48. The van der Waals surface area contributed by atoms with E-state index in [9.17, 15) is 13.5 Å². The number of thioether (sulfide) groups is 2. The Morgan fingerprint density at radius 3 is 2.86 bits per heavy atom. The van der Waals surface area contributed by atoms with Gasteiger partial charge in [0, 0.05) is 5.92 Å². The summed E-state index contributed by atoms with van der Waals surface area (Å²) in [6.07, 6.45) is 1.90. The smallest absolute Gasteiger partial charge is 0.243 e. The molecule has 4 nitrogen and oxygen atoms in total. The van der Waals surface area contributed by atoms with Crippen LogP contribution in [0.25, 0.3) is 0 Å². The number of primary sulfonamides is 1. The van der Waals surface area contributed by atoms with Crippen LogP contribution in [0.2, 0.25) is 0 Å². The van der Waals surface area contributed by atoms with E-state index >= 15 is 0 Å². The van der Waals surface area contributed by atoms with Crippen LogP contribution in [0.15, 0.2) is 10.3 Å². The predicted molar refractivity (Wildman–Crippen MR) is 59.1 cm³/mol. The Bertz CT molecular complexity index is 364. The molecular formula is C7H11NO3S3. The van der Waals surface area contributed by atoms with Crippen molar-refractivity contribution in [1.29, 1.82) is 0 Å². The minimum Gasteiger partial charge on any atom is -0.392 e. The second-order valence-electron chi connectivity index (χ2n) is 3.32. The molecule has 0 bridgehead atoms. The molecule has 1 saturated heterocycles. The molecule has 80 valence electrons. The molecule has 0 aromatic rings. The van der Waals surface area contributed by atoms with E-state index in [0.717, 1.165) is 12.2 Å². The lowest BCUT2D eigenvalue weighted by Crippen LogP contribution is -2.29. The molecule has 3 N–H and O–H groups in total. The highest BCUT2D eigenvalue weighted by atomic mass is 32.3. The standard InChI is InChI=1S/C7H11NO3S3/c8-14(10,11)6-3-4-5(9)1-2-12-7(4)13-6/h3-5,7,9H,1-2H2,(H2,8,10,11). The Hall–Kier alpha value is 0.310. The summed E-state index contributed by atoms with van der Waals surface area (Å²) in [6.45, 7) is 0. The molecule has 0 aromatic carbocycles. The van der Waals surface area contributed by atoms with Crippen molar-refractivity contribution in [3.8, 4) is 0 Å². The van der Waals surface area contributed by atoms with Gasteiger partial charge in [-0.05, 0) is 12.2 Å². The van der Waals surface area contributed by atoms with Crippen molar-refractivity contribution in [3.63, 3.8) is 0 Å². The molecule has 3 unspecified atom stereocenters. The highest BCUT2D eigenvalue weighted by Gasteiger charge is 2.39. The van der Waals surface area contributed by atoms with Gasteiger partial charge in [-0.2, -0.15) is 0 Å². The third-order valence-corrected chi connectivity index (χ3v) is 6.70. The third kappa shape index (κ3) is 1.96. The first-order valence-electron chi connectivity index (χ1n) is 4.19. The number of rotatable bonds is 1. The minimum atomic E-state index is -3.58. The summed E-state index contributed by atoms with van der Waals surface area (Å²) in [5.41, 5.74) is 0. The molecule has 7 heteroatoms. The lowest BCUT2D eigenvalue weighted by Gasteiger charge is -2.28. The lowest BCUT2D eigenvalue weighted by atomic mass is 10.0. The molecule has 2 heterocycles. The summed E-state index contributed by atoms with van der Waals surface area (Å²) < 4.78 is 22.5. The summed E-state index contributed by atoms with van der Waals surface area (Å²) in [5, 5.41) is 14.7. The second-order valence-corrected chi connectivity index (χ2v) is 7.84. The molecule has 0 aliphatic carbocycles. The SMILES string of the molecule is NS(=O)(=O)C1=CC2C(O)CCSC2S1. The zero-order valence-electron chi connectivity index (χ0n) is 7.29. The van der Waals surface area contributed by atoms with Crippen LogP contribution in [-0.4, -0.2) is 30.0 Å². The average molecular weight is 253 g/mol. The number of nitrogens with two attached hydrogens (primary N) is 1. The number of hydrogen-bond acceptors (Lipinski definition) is 5. The van der Waals surface area contributed by atoms with E-state index in [1.54, 1.807) is 17.8 Å². The lowest BCUT2D eigenvalue weighted by molar-refractivity contribution is 0.131. The number of sulfonamides is 1. The van der Waals surface area contributed by atoms with Crippen molar-refractivity contribution >= 4 is 33.5 Å². The van der Waals surface area contributed by atoms with E-state index in [1.807, 2.05) is 0 Å².